The van der Waals surface area contributed by atoms with Crippen molar-refractivity contribution < 1.29 is 47.6 Å². The summed E-state index contributed by atoms with van der Waals surface area (Å²) in [5.41, 5.74) is 5.19. The molecular weight excluding hydrogens is 205 g/mol. The van der Waals surface area contributed by atoms with Crippen LogP contribution in [0.15, 0.2) is 23.1 Å². The topological polar surface area (TPSA) is 103 Å². The van der Waals surface area contributed by atoms with Gasteiger partial charge in [-0.15, -0.1) is 5.75 Å². The van der Waals surface area contributed by atoms with E-state index in [0.29, 0.717) is 0 Å². The molecule has 1 aromatic rings. The Morgan fingerprint density at radius 1 is 1.31 bits per heavy atom. The molecule has 1 rings (SSSR count). The van der Waals surface area contributed by atoms with Crippen molar-refractivity contribution in [3.63, 3.8) is 0 Å². The van der Waals surface area contributed by atoms with E-state index < -0.39 is 20.8 Å². The summed E-state index contributed by atoms with van der Waals surface area (Å²) in [6.45, 7) is 0. The summed E-state index contributed by atoms with van der Waals surface area (Å²) in [5, 5.41) is 10.7. The molecule has 0 aromatic heterocycles. The van der Waals surface area contributed by atoms with Gasteiger partial charge in [0.15, 0.2) is 0 Å². The molecule has 0 amide bonds. The molecule has 0 aliphatic carbocycles. The van der Waals surface area contributed by atoms with Crippen molar-refractivity contribution in [1.29, 1.82) is 0 Å². The van der Waals surface area contributed by atoms with Crippen LogP contribution in [-0.4, -0.2) is 13.0 Å². The standard InChI is InChI=1S/C6H7NO4S.Na/c7-4-1-5(8)3-6(2-4)12(9,10)11;/h1-3,8H,7H2,(H,9,10,11);/q;+1/p-1. The summed E-state index contributed by atoms with van der Waals surface area (Å²) in [6.07, 6.45) is 0. The number of nitrogen functional groups attached to an aromatic ring is 1. The third-order valence-electron chi connectivity index (χ3n) is 1.20. The van der Waals surface area contributed by atoms with Crippen LogP contribution in [-0.2, 0) is 10.1 Å². The molecule has 1 aromatic carbocycles. The van der Waals surface area contributed by atoms with Gasteiger partial charge in [-0.25, -0.2) is 0 Å². The Labute approximate surface area is 97.6 Å². The van der Waals surface area contributed by atoms with Crippen molar-refractivity contribution in [2.24, 2.45) is 0 Å². The van der Waals surface area contributed by atoms with E-state index in [4.69, 9.17) is 10.3 Å². The monoisotopic (exact) mass is 211 g/mol. The van der Waals surface area contributed by atoms with Crippen LogP contribution < -0.4 is 40.4 Å². The Morgan fingerprint density at radius 3 is 2.23 bits per heavy atom. The minimum absolute atomic E-state index is 0. The third-order valence-corrected chi connectivity index (χ3v) is 2.03. The zero-order valence-corrected chi connectivity index (χ0v) is 9.71. The predicted molar refractivity (Wildman–Crippen MR) is 40.1 cm³/mol. The molecule has 5 nitrogen and oxygen atoms in total. The van der Waals surface area contributed by atoms with Gasteiger partial charge >= 0.3 is 29.6 Å². The summed E-state index contributed by atoms with van der Waals surface area (Å²) in [5.74, 6) is -0.553. The fourth-order valence-corrected chi connectivity index (χ4v) is 1.29. The van der Waals surface area contributed by atoms with Crippen molar-refractivity contribution in [1.82, 2.24) is 0 Å². The average molecular weight is 211 g/mol. The second-order valence-electron chi connectivity index (χ2n) is 2.21. The quantitative estimate of drug-likeness (QED) is 0.286. The SMILES string of the molecule is Nc1cc([O-])cc(S(=O)(=O)O)c1.[Na+]. The fourth-order valence-electron chi connectivity index (χ4n) is 0.743. The number of hydrogen-bond acceptors (Lipinski definition) is 4. The van der Waals surface area contributed by atoms with Gasteiger partial charge in [0.1, 0.15) is 0 Å². The smallest absolute Gasteiger partial charge is 0.872 e. The zero-order chi connectivity index (χ0) is 9.35. The van der Waals surface area contributed by atoms with Crippen molar-refractivity contribution in [2.45, 2.75) is 4.90 Å². The second kappa shape index (κ2) is 4.30. The van der Waals surface area contributed by atoms with Gasteiger partial charge in [0.05, 0.1) is 4.90 Å². The molecule has 0 spiro atoms. The fraction of sp³-hybridized carbons (Fsp3) is 0. The van der Waals surface area contributed by atoms with Crippen LogP contribution in [0.2, 0.25) is 0 Å². The summed E-state index contributed by atoms with van der Waals surface area (Å²) < 4.78 is 29.5. The average Bonchev–Trinajstić information content (AvgIpc) is 1.82. The third kappa shape index (κ3) is 3.53. The molecule has 0 bridgehead atoms. The molecule has 0 aliphatic rings. The molecule has 7 heteroatoms. The first-order valence-electron chi connectivity index (χ1n) is 2.94. The van der Waals surface area contributed by atoms with E-state index in [2.05, 4.69) is 0 Å². The van der Waals surface area contributed by atoms with Crippen LogP contribution in [0.5, 0.6) is 5.75 Å². The van der Waals surface area contributed by atoms with E-state index in [1.54, 1.807) is 0 Å². The largest absolute Gasteiger partial charge is 1.00 e. The first-order valence-corrected chi connectivity index (χ1v) is 4.38. The summed E-state index contributed by atoms with van der Waals surface area (Å²) in [4.78, 5) is -0.479. The van der Waals surface area contributed by atoms with E-state index in [1.165, 1.54) is 0 Å². The first-order chi connectivity index (χ1) is 5.39. The van der Waals surface area contributed by atoms with E-state index in [1.807, 2.05) is 0 Å². The normalized spacial score (nSPS) is 10.5. The van der Waals surface area contributed by atoms with Crippen LogP contribution in [0.25, 0.3) is 0 Å². The van der Waals surface area contributed by atoms with Crippen molar-refractivity contribution >= 4 is 15.8 Å². The number of hydrogen-bond donors (Lipinski definition) is 2. The van der Waals surface area contributed by atoms with Gasteiger partial charge in [-0.05, 0) is 18.2 Å². The first kappa shape index (κ1) is 12.7. The Balaban J connectivity index is 0.00000144. The molecule has 0 saturated carbocycles. The molecule has 0 atom stereocenters. The Bertz CT molecular complexity index is 383. The molecule has 0 saturated heterocycles. The van der Waals surface area contributed by atoms with Crippen LogP contribution in [0.1, 0.15) is 0 Å². The molecule has 0 radical (unpaired) electrons. The molecule has 0 unspecified atom stereocenters. The van der Waals surface area contributed by atoms with Crippen molar-refractivity contribution in [3.8, 4) is 5.75 Å². The number of rotatable bonds is 1. The van der Waals surface area contributed by atoms with E-state index >= 15 is 0 Å². The maximum atomic E-state index is 10.7. The van der Waals surface area contributed by atoms with E-state index in [9.17, 15) is 13.5 Å². The van der Waals surface area contributed by atoms with Crippen LogP contribution in [0.3, 0.4) is 0 Å². The van der Waals surface area contributed by atoms with Crippen LogP contribution in [0, 0.1) is 0 Å². The minimum atomic E-state index is -4.33. The Morgan fingerprint density at radius 2 is 1.85 bits per heavy atom. The van der Waals surface area contributed by atoms with Crippen molar-refractivity contribution in [3.05, 3.63) is 18.2 Å². The Hall–Kier alpha value is -0.270. The summed E-state index contributed by atoms with van der Waals surface area (Å²) >= 11 is 0. The molecule has 0 fully saturated rings. The maximum absolute atomic E-state index is 10.7. The van der Waals surface area contributed by atoms with Gasteiger partial charge in [0, 0.05) is 5.69 Å². The van der Waals surface area contributed by atoms with Crippen molar-refractivity contribution in [2.75, 3.05) is 5.73 Å². The molecular formula is C6H6NNaO4S. The van der Waals surface area contributed by atoms with E-state index in [-0.39, 0.29) is 35.2 Å². The molecule has 3 N–H and O–H groups in total. The van der Waals surface area contributed by atoms with Crippen LogP contribution in [0.4, 0.5) is 5.69 Å². The summed E-state index contributed by atoms with van der Waals surface area (Å²) in [6, 6.07) is 2.87. The predicted octanol–water partition coefficient (Wildman–Crippen LogP) is -3.41. The second-order valence-corrected chi connectivity index (χ2v) is 3.63. The van der Waals surface area contributed by atoms with Gasteiger partial charge < -0.3 is 10.8 Å². The van der Waals surface area contributed by atoms with Gasteiger partial charge in [-0.2, -0.15) is 8.42 Å². The maximum Gasteiger partial charge on any atom is 1.00 e. The Kier molecular flexibility index (Phi) is 4.21. The zero-order valence-electron chi connectivity index (χ0n) is 6.89. The number of benzene rings is 1. The summed E-state index contributed by atoms with van der Waals surface area (Å²) in [7, 11) is -4.33. The van der Waals surface area contributed by atoms with Gasteiger partial charge in [0.25, 0.3) is 10.1 Å². The number of nitrogens with two attached hydrogens (primary N) is 1. The molecule has 0 aliphatic heterocycles. The van der Waals surface area contributed by atoms with Gasteiger partial charge in [0.2, 0.25) is 0 Å². The van der Waals surface area contributed by atoms with Gasteiger partial charge in [-0.1, -0.05) is 0 Å². The van der Waals surface area contributed by atoms with Gasteiger partial charge in [-0.3, -0.25) is 4.55 Å². The number of anilines is 1. The van der Waals surface area contributed by atoms with Crippen LogP contribution >= 0.6 is 0 Å². The van der Waals surface area contributed by atoms with E-state index in [0.717, 1.165) is 18.2 Å². The molecule has 0 heterocycles. The minimum Gasteiger partial charge on any atom is -0.872 e. The molecule has 13 heavy (non-hydrogen) atoms. The molecule has 66 valence electrons.